The van der Waals surface area contributed by atoms with E-state index >= 15 is 0 Å². The molecule has 0 spiro atoms. The average Bonchev–Trinajstić information content (AvgIpc) is 2.71. The number of hydrogen-bond acceptors (Lipinski definition) is 3. The summed E-state index contributed by atoms with van der Waals surface area (Å²) in [6.07, 6.45) is 0.909. The molecule has 0 unspecified atom stereocenters. The number of carbonyl (C=O) groups is 3. The van der Waals surface area contributed by atoms with Crippen LogP contribution >= 0.6 is 0 Å². The molecule has 2 fully saturated rings. The van der Waals surface area contributed by atoms with Crippen LogP contribution in [0.2, 0.25) is 0 Å². The fourth-order valence-corrected chi connectivity index (χ4v) is 3.93. The standard InChI is InChI=1S/C23H25N3O3/c1-17-7-9-20(10-8-17)26-12-11-24(16-21(26)27)22(28)23(29)25-14-19(15-25)13-18-5-3-2-4-6-18/h2-10,19H,11-16H2,1H3. The van der Waals surface area contributed by atoms with Crippen molar-refractivity contribution < 1.29 is 14.4 Å². The molecule has 0 saturated carbocycles. The topological polar surface area (TPSA) is 60.9 Å². The average molecular weight is 391 g/mol. The zero-order valence-electron chi connectivity index (χ0n) is 16.6. The molecule has 2 aliphatic heterocycles. The van der Waals surface area contributed by atoms with E-state index in [1.807, 2.05) is 49.4 Å². The van der Waals surface area contributed by atoms with Crippen molar-refractivity contribution in [3.05, 3.63) is 65.7 Å². The fourth-order valence-electron chi connectivity index (χ4n) is 3.93. The van der Waals surface area contributed by atoms with E-state index in [9.17, 15) is 14.4 Å². The summed E-state index contributed by atoms with van der Waals surface area (Å²) in [4.78, 5) is 42.3. The highest BCUT2D eigenvalue weighted by molar-refractivity contribution is 6.35. The molecule has 3 amide bonds. The summed E-state index contributed by atoms with van der Waals surface area (Å²) in [5, 5.41) is 0. The molecule has 6 heteroatoms. The Bertz CT molecular complexity index is 905. The van der Waals surface area contributed by atoms with Crippen LogP contribution in [-0.2, 0) is 20.8 Å². The van der Waals surface area contributed by atoms with Gasteiger partial charge in [0.2, 0.25) is 5.91 Å². The zero-order valence-corrected chi connectivity index (χ0v) is 16.6. The first-order valence-electron chi connectivity index (χ1n) is 10.0. The number of benzene rings is 2. The van der Waals surface area contributed by atoms with Gasteiger partial charge in [0.05, 0.1) is 0 Å². The number of nitrogens with zero attached hydrogens (tertiary/aromatic N) is 3. The second kappa shape index (κ2) is 8.07. The van der Waals surface area contributed by atoms with Gasteiger partial charge >= 0.3 is 11.8 Å². The Morgan fingerprint density at radius 1 is 0.897 bits per heavy atom. The van der Waals surface area contributed by atoms with E-state index in [1.54, 1.807) is 9.80 Å². The highest BCUT2D eigenvalue weighted by atomic mass is 16.2. The molecule has 2 aliphatic rings. The molecule has 4 rings (SSSR count). The number of carbonyl (C=O) groups excluding carboxylic acids is 3. The van der Waals surface area contributed by atoms with Gasteiger partial charge in [-0.3, -0.25) is 14.4 Å². The van der Waals surface area contributed by atoms with E-state index in [0.717, 1.165) is 17.7 Å². The van der Waals surface area contributed by atoms with Crippen molar-refractivity contribution in [3.8, 4) is 0 Å². The predicted molar refractivity (Wildman–Crippen MR) is 110 cm³/mol. The first-order valence-corrected chi connectivity index (χ1v) is 10.0. The summed E-state index contributed by atoms with van der Waals surface area (Å²) in [5.41, 5.74) is 3.19. The lowest BCUT2D eigenvalue weighted by Gasteiger charge is -2.40. The lowest BCUT2D eigenvalue weighted by Crippen LogP contribution is -2.59. The number of aryl methyl sites for hydroxylation is 1. The minimum atomic E-state index is -0.569. The van der Waals surface area contributed by atoms with Crippen LogP contribution in [0.4, 0.5) is 5.69 Å². The van der Waals surface area contributed by atoms with Crippen LogP contribution in [0.15, 0.2) is 54.6 Å². The van der Waals surface area contributed by atoms with Crippen LogP contribution in [-0.4, -0.2) is 60.2 Å². The van der Waals surface area contributed by atoms with Crippen LogP contribution < -0.4 is 4.90 Å². The van der Waals surface area contributed by atoms with Crippen LogP contribution in [0, 0.1) is 12.8 Å². The van der Waals surface area contributed by atoms with Crippen molar-refractivity contribution in [2.45, 2.75) is 13.3 Å². The van der Waals surface area contributed by atoms with Crippen LogP contribution in [0.25, 0.3) is 0 Å². The molecule has 2 saturated heterocycles. The van der Waals surface area contributed by atoms with E-state index in [2.05, 4.69) is 12.1 Å². The molecule has 0 atom stereocenters. The third-order valence-electron chi connectivity index (χ3n) is 5.65. The first kappa shape index (κ1) is 19.2. The lowest BCUT2D eigenvalue weighted by atomic mass is 9.92. The zero-order chi connectivity index (χ0) is 20.4. The predicted octanol–water partition coefficient (Wildman–Crippen LogP) is 1.87. The number of hydrogen-bond donors (Lipinski definition) is 0. The van der Waals surface area contributed by atoms with Gasteiger partial charge in [0.1, 0.15) is 6.54 Å². The van der Waals surface area contributed by atoms with Crippen molar-refractivity contribution in [2.24, 2.45) is 5.92 Å². The molecular weight excluding hydrogens is 366 g/mol. The molecule has 0 aliphatic carbocycles. The number of rotatable bonds is 3. The van der Waals surface area contributed by atoms with Gasteiger partial charge in [-0.2, -0.15) is 0 Å². The van der Waals surface area contributed by atoms with Crippen LogP contribution in [0.3, 0.4) is 0 Å². The molecule has 0 radical (unpaired) electrons. The molecule has 0 N–H and O–H groups in total. The van der Waals surface area contributed by atoms with Gasteiger partial charge in [-0.15, -0.1) is 0 Å². The molecule has 0 bridgehead atoms. The Morgan fingerprint density at radius 2 is 1.55 bits per heavy atom. The molecular formula is C23H25N3O3. The second-order valence-electron chi connectivity index (χ2n) is 7.87. The van der Waals surface area contributed by atoms with Gasteiger partial charge in [-0.05, 0) is 37.0 Å². The first-order chi connectivity index (χ1) is 14.0. The fraction of sp³-hybridized carbons (Fsp3) is 0.348. The summed E-state index contributed by atoms with van der Waals surface area (Å²) < 4.78 is 0. The molecule has 0 aromatic heterocycles. The quantitative estimate of drug-likeness (QED) is 0.751. The summed E-state index contributed by atoms with van der Waals surface area (Å²) in [6.45, 7) is 3.89. The third-order valence-corrected chi connectivity index (χ3v) is 5.65. The van der Waals surface area contributed by atoms with Gasteiger partial charge in [0.25, 0.3) is 0 Å². The number of piperazine rings is 1. The second-order valence-corrected chi connectivity index (χ2v) is 7.87. The van der Waals surface area contributed by atoms with Gasteiger partial charge in [-0.1, -0.05) is 48.0 Å². The molecule has 2 heterocycles. The maximum atomic E-state index is 12.6. The van der Waals surface area contributed by atoms with Crippen molar-refractivity contribution in [1.29, 1.82) is 0 Å². The lowest BCUT2D eigenvalue weighted by molar-refractivity contribution is -0.156. The van der Waals surface area contributed by atoms with Crippen molar-refractivity contribution in [3.63, 3.8) is 0 Å². The van der Waals surface area contributed by atoms with E-state index in [-0.39, 0.29) is 12.5 Å². The Morgan fingerprint density at radius 3 is 2.21 bits per heavy atom. The number of amides is 3. The minimum Gasteiger partial charge on any atom is -0.334 e. The summed E-state index contributed by atoms with van der Waals surface area (Å²) in [7, 11) is 0. The molecule has 150 valence electrons. The maximum Gasteiger partial charge on any atom is 0.312 e. The molecule has 6 nitrogen and oxygen atoms in total. The van der Waals surface area contributed by atoms with E-state index in [1.165, 1.54) is 10.5 Å². The Labute approximate surface area is 170 Å². The Hall–Kier alpha value is -3.15. The SMILES string of the molecule is Cc1ccc(N2CCN(C(=O)C(=O)N3CC(Cc4ccccc4)C3)CC2=O)cc1. The highest BCUT2D eigenvalue weighted by Crippen LogP contribution is 2.22. The van der Waals surface area contributed by atoms with E-state index in [4.69, 9.17) is 0 Å². The Balaban J connectivity index is 1.28. The van der Waals surface area contributed by atoms with E-state index in [0.29, 0.717) is 32.1 Å². The molecule has 2 aromatic carbocycles. The summed E-state index contributed by atoms with van der Waals surface area (Å²) in [6, 6.07) is 17.9. The monoisotopic (exact) mass is 391 g/mol. The van der Waals surface area contributed by atoms with Crippen molar-refractivity contribution >= 4 is 23.4 Å². The van der Waals surface area contributed by atoms with Gasteiger partial charge < -0.3 is 14.7 Å². The largest absolute Gasteiger partial charge is 0.334 e. The Kier molecular flexibility index (Phi) is 5.34. The maximum absolute atomic E-state index is 12.6. The van der Waals surface area contributed by atoms with Crippen LogP contribution in [0.5, 0.6) is 0 Å². The minimum absolute atomic E-state index is 0.0558. The molecule has 29 heavy (non-hydrogen) atoms. The van der Waals surface area contributed by atoms with Crippen molar-refractivity contribution in [2.75, 3.05) is 37.6 Å². The third kappa shape index (κ3) is 4.16. The normalized spacial score (nSPS) is 17.3. The summed E-state index contributed by atoms with van der Waals surface area (Å²) in [5.74, 6) is -0.841. The van der Waals surface area contributed by atoms with Crippen molar-refractivity contribution in [1.82, 2.24) is 9.80 Å². The number of likely N-dealkylation sites (tertiary alicyclic amines) is 1. The van der Waals surface area contributed by atoms with Crippen LogP contribution in [0.1, 0.15) is 11.1 Å². The van der Waals surface area contributed by atoms with Gasteiger partial charge in [-0.25, -0.2) is 0 Å². The van der Waals surface area contributed by atoms with E-state index < -0.39 is 11.8 Å². The smallest absolute Gasteiger partial charge is 0.312 e. The summed E-state index contributed by atoms with van der Waals surface area (Å²) >= 11 is 0. The highest BCUT2D eigenvalue weighted by Gasteiger charge is 2.38. The van der Waals surface area contributed by atoms with Gasteiger partial charge in [0, 0.05) is 31.9 Å². The number of anilines is 1. The van der Waals surface area contributed by atoms with Gasteiger partial charge in [0.15, 0.2) is 0 Å². The molecule has 2 aromatic rings.